The Balaban J connectivity index is 1.56. The Hall–Kier alpha value is -2.83. The number of carbonyl (C=O) groups is 2. The molecule has 0 saturated carbocycles. The van der Waals surface area contributed by atoms with Gasteiger partial charge in [0.25, 0.3) is 0 Å². The molecule has 2 heterocycles. The third-order valence-electron chi connectivity index (χ3n) is 4.01. The van der Waals surface area contributed by atoms with E-state index < -0.39 is 6.03 Å². The van der Waals surface area contributed by atoms with Gasteiger partial charge in [0.05, 0.1) is 17.9 Å². The second-order valence-electron chi connectivity index (χ2n) is 5.72. The van der Waals surface area contributed by atoms with Crippen molar-refractivity contribution in [2.45, 2.75) is 19.3 Å². The van der Waals surface area contributed by atoms with Crippen molar-refractivity contribution < 1.29 is 9.59 Å². The average molecular weight is 327 g/mol. The molecule has 1 saturated heterocycles. The molecule has 0 spiro atoms. The van der Waals surface area contributed by atoms with Crippen molar-refractivity contribution in [3.8, 4) is 5.69 Å². The summed E-state index contributed by atoms with van der Waals surface area (Å²) in [5.41, 5.74) is 1.39. The molecule has 1 aliphatic rings. The lowest BCUT2D eigenvalue weighted by atomic mass is 10.1. The van der Waals surface area contributed by atoms with Crippen molar-refractivity contribution in [3.05, 3.63) is 42.7 Å². The normalized spacial score (nSPS) is 14.2. The van der Waals surface area contributed by atoms with E-state index in [1.54, 1.807) is 23.1 Å². The Morgan fingerprint density at radius 1 is 1.08 bits per heavy atom. The topological polar surface area (TPSA) is 79.3 Å². The molecule has 1 fully saturated rings. The number of nitrogens with one attached hydrogen (secondary N) is 2. The Morgan fingerprint density at radius 2 is 1.88 bits per heavy atom. The van der Waals surface area contributed by atoms with Gasteiger partial charge >= 0.3 is 6.03 Å². The first-order chi connectivity index (χ1) is 11.7. The standard InChI is InChI=1S/C17H21N5O2/c23-16(21-10-4-1-5-11-21)13-18-17(24)20-14-7-2-3-8-15(14)22-12-6-9-19-22/h2-3,6-9,12H,1,4-5,10-11,13H2,(H2,18,20,24). The second-order valence-corrected chi connectivity index (χ2v) is 5.72. The van der Waals surface area contributed by atoms with Crippen molar-refractivity contribution in [1.29, 1.82) is 0 Å². The summed E-state index contributed by atoms with van der Waals surface area (Å²) < 4.78 is 1.68. The highest BCUT2D eigenvalue weighted by atomic mass is 16.2. The zero-order chi connectivity index (χ0) is 16.8. The molecule has 2 aromatic rings. The lowest BCUT2D eigenvalue weighted by Crippen LogP contribution is -2.43. The maximum absolute atomic E-state index is 12.1. The van der Waals surface area contributed by atoms with Crippen molar-refractivity contribution >= 4 is 17.6 Å². The highest BCUT2D eigenvalue weighted by Crippen LogP contribution is 2.18. The third-order valence-corrected chi connectivity index (χ3v) is 4.01. The second kappa shape index (κ2) is 7.63. The van der Waals surface area contributed by atoms with Crippen molar-refractivity contribution in [1.82, 2.24) is 20.0 Å². The van der Waals surface area contributed by atoms with Gasteiger partial charge in [0, 0.05) is 25.5 Å². The first kappa shape index (κ1) is 16.0. The predicted molar refractivity (Wildman–Crippen MR) is 91.0 cm³/mol. The van der Waals surface area contributed by atoms with Gasteiger partial charge in [-0.2, -0.15) is 5.10 Å². The number of carbonyl (C=O) groups excluding carboxylic acids is 2. The van der Waals surface area contributed by atoms with Crippen LogP contribution < -0.4 is 10.6 Å². The molecule has 126 valence electrons. The van der Waals surface area contributed by atoms with Crippen LogP contribution in [0.15, 0.2) is 42.7 Å². The van der Waals surface area contributed by atoms with Crippen LogP contribution in [0.3, 0.4) is 0 Å². The number of rotatable bonds is 4. The Kier molecular flexibility index (Phi) is 5.10. The number of urea groups is 1. The Labute approximate surface area is 140 Å². The highest BCUT2D eigenvalue weighted by molar-refractivity contribution is 5.93. The molecule has 1 aromatic carbocycles. The van der Waals surface area contributed by atoms with Crippen LogP contribution in [0, 0.1) is 0 Å². The molecule has 2 N–H and O–H groups in total. The van der Waals surface area contributed by atoms with Gasteiger partial charge in [-0.25, -0.2) is 9.48 Å². The lowest BCUT2D eigenvalue weighted by molar-refractivity contribution is -0.130. The van der Waals surface area contributed by atoms with Crippen LogP contribution in [0.2, 0.25) is 0 Å². The molecule has 24 heavy (non-hydrogen) atoms. The minimum atomic E-state index is -0.403. The van der Waals surface area contributed by atoms with E-state index in [1.165, 1.54) is 6.42 Å². The van der Waals surface area contributed by atoms with Crippen LogP contribution in [0.1, 0.15) is 19.3 Å². The number of anilines is 1. The van der Waals surface area contributed by atoms with Gasteiger partial charge in [-0.05, 0) is 37.5 Å². The summed E-state index contributed by atoms with van der Waals surface area (Å²) in [6.45, 7) is 1.57. The van der Waals surface area contributed by atoms with E-state index in [0.717, 1.165) is 31.6 Å². The number of nitrogens with zero attached hydrogens (tertiary/aromatic N) is 3. The first-order valence-corrected chi connectivity index (χ1v) is 8.16. The summed E-state index contributed by atoms with van der Waals surface area (Å²) in [5.74, 6) is -0.0368. The van der Waals surface area contributed by atoms with Crippen molar-refractivity contribution in [2.24, 2.45) is 0 Å². The number of piperidine rings is 1. The average Bonchev–Trinajstić information content (AvgIpc) is 3.15. The molecular weight excluding hydrogens is 306 g/mol. The lowest BCUT2D eigenvalue weighted by Gasteiger charge is -2.26. The summed E-state index contributed by atoms with van der Waals surface area (Å²) in [6, 6.07) is 8.78. The van der Waals surface area contributed by atoms with Gasteiger partial charge in [-0.15, -0.1) is 0 Å². The van der Waals surface area contributed by atoms with E-state index in [4.69, 9.17) is 0 Å². The molecular formula is C17H21N5O2. The maximum atomic E-state index is 12.1. The zero-order valence-electron chi connectivity index (χ0n) is 13.4. The number of likely N-dealkylation sites (tertiary alicyclic amines) is 1. The van der Waals surface area contributed by atoms with Crippen LogP contribution in [0.4, 0.5) is 10.5 Å². The molecule has 0 aliphatic carbocycles. The minimum absolute atomic E-state index is 0.00969. The molecule has 1 aliphatic heterocycles. The Bertz CT molecular complexity index is 693. The summed E-state index contributed by atoms with van der Waals surface area (Å²) in [5, 5.41) is 9.58. The van der Waals surface area contributed by atoms with Gasteiger partial charge in [-0.1, -0.05) is 12.1 Å². The van der Waals surface area contributed by atoms with Gasteiger partial charge in [-0.3, -0.25) is 4.79 Å². The van der Waals surface area contributed by atoms with Crippen LogP contribution in [0.5, 0.6) is 0 Å². The van der Waals surface area contributed by atoms with E-state index in [0.29, 0.717) is 5.69 Å². The fourth-order valence-electron chi connectivity index (χ4n) is 2.77. The molecule has 0 bridgehead atoms. The molecule has 3 rings (SSSR count). The zero-order valence-corrected chi connectivity index (χ0v) is 13.4. The fourth-order valence-corrected chi connectivity index (χ4v) is 2.77. The van der Waals surface area contributed by atoms with Gasteiger partial charge in [0.1, 0.15) is 0 Å². The molecule has 3 amide bonds. The molecule has 7 heteroatoms. The van der Waals surface area contributed by atoms with Gasteiger partial charge < -0.3 is 15.5 Å². The summed E-state index contributed by atoms with van der Waals surface area (Å²) in [6.07, 6.45) is 6.72. The van der Waals surface area contributed by atoms with Gasteiger partial charge in [0.15, 0.2) is 0 Å². The van der Waals surface area contributed by atoms with Crippen molar-refractivity contribution in [2.75, 3.05) is 25.0 Å². The van der Waals surface area contributed by atoms with Crippen LogP contribution in [-0.2, 0) is 4.79 Å². The smallest absolute Gasteiger partial charge is 0.319 e. The van der Waals surface area contributed by atoms with E-state index >= 15 is 0 Å². The molecule has 1 aromatic heterocycles. The summed E-state index contributed by atoms with van der Waals surface area (Å²) in [4.78, 5) is 26.0. The van der Waals surface area contributed by atoms with E-state index in [9.17, 15) is 9.59 Å². The number of hydrogen-bond donors (Lipinski definition) is 2. The molecule has 0 radical (unpaired) electrons. The number of amides is 3. The van der Waals surface area contributed by atoms with Crippen LogP contribution in [0.25, 0.3) is 5.69 Å². The maximum Gasteiger partial charge on any atom is 0.319 e. The van der Waals surface area contributed by atoms with Crippen molar-refractivity contribution in [3.63, 3.8) is 0 Å². The van der Waals surface area contributed by atoms with Crippen LogP contribution >= 0.6 is 0 Å². The SMILES string of the molecule is O=C(NCC(=O)N1CCCCC1)Nc1ccccc1-n1cccn1. The van der Waals surface area contributed by atoms with Gasteiger partial charge in [0.2, 0.25) is 5.91 Å². The Morgan fingerprint density at radius 3 is 2.62 bits per heavy atom. The molecule has 0 unspecified atom stereocenters. The van der Waals surface area contributed by atoms with Crippen LogP contribution in [-0.4, -0.2) is 46.3 Å². The van der Waals surface area contributed by atoms with E-state index in [-0.39, 0.29) is 12.5 Å². The monoisotopic (exact) mass is 327 g/mol. The fraction of sp³-hybridized carbons (Fsp3) is 0.353. The molecule has 7 nitrogen and oxygen atoms in total. The number of hydrogen-bond acceptors (Lipinski definition) is 3. The number of benzene rings is 1. The third kappa shape index (κ3) is 3.92. The van der Waals surface area contributed by atoms with E-state index in [1.807, 2.05) is 29.2 Å². The minimum Gasteiger partial charge on any atom is -0.341 e. The summed E-state index contributed by atoms with van der Waals surface area (Å²) >= 11 is 0. The highest BCUT2D eigenvalue weighted by Gasteiger charge is 2.17. The first-order valence-electron chi connectivity index (χ1n) is 8.16. The summed E-state index contributed by atoms with van der Waals surface area (Å²) in [7, 11) is 0. The predicted octanol–water partition coefficient (Wildman–Crippen LogP) is 2.01. The largest absolute Gasteiger partial charge is 0.341 e. The quantitative estimate of drug-likeness (QED) is 0.901. The number of para-hydroxylation sites is 2. The number of aromatic nitrogens is 2. The van der Waals surface area contributed by atoms with E-state index in [2.05, 4.69) is 15.7 Å². The molecule has 0 atom stereocenters.